The third kappa shape index (κ3) is 4.70. The number of halogens is 1. The van der Waals surface area contributed by atoms with Gasteiger partial charge in [0.25, 0.3) is 5.56 Å². The Morgan fingerprint density at radius 2 is 1.66 bits per heavy atom. The molecule has 0 aliphatic carbocycles. The molecule has 2 aromatic carbocycles. The Labute approximate surface area is 172 Å². The molecule has 1 heterocycles. The summed E-state index contributed by atoms with van der Waals surface area (Å²) in [6.07, 6.45) is 0. The van der Waals surface area contributed by atoms with E-state index in [1.54, 1.807) is 31.2 Å². The van der Waals surface area contributed by atoms with E-state index in [1.165, 1.54) is 13.0 Å². The molecule has 0 saturated carbocycles. The van der Waals surface area contributed by atoms with Crippen LogP contribution in [0.1, 0.15) is 19.9 Å². The van der Waals surface area contributed by atoms with E-state index in [-0.39, 0.29) is 5.69 Å². The third-order valence-corrected chi connectivity index (χ3v) is 4.52. The first-order valence-electron chi connectivity index (χ1n) is 8.89. The smallest absolute Gasteiger partial charge is 0.291 e. The maximum absolute atomic E-state index is 12.8. The number of amides is 2. The molecule has 8 heteroatoms. The van der Waals surface area contributed by atoms with Crippen LogP contribution in [0.3, 0.4) is 0 Å². The number of hydrogen-bond donors (Lipinski definition) is 2. The number of hydrogen-bond acceptors (Lipinski definition) is 4. The van der Waals surface area contributed by atoms with Crippen molar-refractivity contribution < 1.29 is 9.59 Å². The number of para-hydroxylation sites is 1. The van der Waals surface area contributed by atoms with Gasteiger partial charge >= 0.3 is 0 Å². The normalized spacial score (nSPS) is 11.6. The zero-order valence-corrected chi connectivity index (χ0v) is 16.6. The summed E-state index contributed by atoms with van der Waals surface area (Å²) < 4.78 is 1.06. The molecule has 29 heavy (non-hydrogen) atoms. The van der Waals surface area contributed by atoms with Gasteiger partial charge in [-0.3, -0.25) is 14.4 Å². The van der Waals surface area contributed by atoms with E-state index in [9.17, 15) is 14.4 Å². The van der Waals surface area contributed by atoms with E-state index in [0.717, 1.165) is 10.2 Å². The van der Waals surface area contributed by atoms with Crippen molar-refractivity contribution in [2.24, 2.45) is 0 Å². The highest BCUT2D eigenvalue weighted by molar-refractivity contribution is 6.33. The molecule has 0 radical (unpaired) electrons. The van der Waals surface area contributed by atoms with Crippen molar-refractivity contribution in [3.8, 4) is 11.3 Å². The van der Waals surface area contributed by atoms with Gasteiger partial charge < -0.3 is 10.6 Å². The Hall–Kier alpha value is -3.45. The molecule has 0 aliphatic rings. The predicted molar refractivity (Wildman–Crippen MR) is 113 cm³/mol. The molecular formula is C21H19ClN4O3. The Bertz CT molecular complexity index is 1110. The van der Waals surface area contributed by atoms with Crippen LogP contribution in [0.4, 0.5) is 11.4 Å². The zero-order valence-electron chi connectivity index (χ0n) is 15.8. The average Bonchev–Trinajstić information content (AvgIpc) is 2.71. The molecule has 3 aromatic rings. The van der Waals surface area contributed by atoms with Crippen molar-refractivity contribution in [2.45, 2.75) is 19.9 Å². The quantitative estimate of drug-likeness (QED) is 0.670. The first kappa shape index (κ1) is 20.3. The van der Waals surface area contributed by atoms with E-state index in [1.807, 2.05) is 30.3 Å². The number of carbonyl (C=O) groups excluding carboxylic acids is 2. The molecule has 0 unspecified atom stereocenters. The monoisotopic (exact) mass is 410 g/mol. The van der Waals surface area contributed by atoms with Gasteiger partial charge in [-0.25, -0.2) is 4.68 Å². The molecule has 0 aliphatic heterocycles. The molecule has 1 aromatic heterocycles. The van der Waals surface area contributed by atoms with Crippen LogP contribution in [0.15, 0.2) is 65.5 Å². The summed E-state index contributed by atoms with van der Waals surface area (Å²) in [7, 11) is 0. The molecule has 1 atom stereocenters. The molecule has 3 rings (SSSR count). The molecule has 148 valence electrons. The Morgan fingerprint density at radius 3 is 2.31 bits per heavy atom. The number of nitrogens with one attached hydrogen (secondary N) is 2. The van der Waals surface area contributed by atoms with Gasteiger partial charge in [-0.15, -0.1) is 0 Å². The zero-order chi connectivity index (χ0) is 21.0. The summed E-state index contributed by atoms with van der Waals surface area (Å²) >= 11 is 6.09. The second-order valence-electron chi connectivity index (χ2n) is 6.39. The maximum Gasteiger partial charge on any atom is 0.291 e. The fourth-order valence-electron chi connectivity index (χ4n) is 2.71. The highest BCUT2D eigenvalue weighted by atomic mass is 35.5. The summed E-state index contributed by atoms with van der Waals surface area (Å²) in [6, 6.07) is 16.5. The molecule has 0 fully saturated rings. The summed E-state index contributed by atoms with van der Waals surface area (Å²) in [5.41, 5.74) is 1.09. The van der Waals surface area contributed by atoms with Crippen LogP contribution >= 0.6 is 11.6 Å². The summed E-state index contributed by atoms with van der Waals surface area (Å²) in [5.74, 6) is -0.862. The van der Waals surface area contributed by atoms with Gasteiger partial charge in [0.2, 0.25) is 11.8 Å². The summed E-state index contributed by atoms with van der Waals surface area (Å²) in [6.45, 7) is 2.85. The van der Waals surface area contributed by atoms with Crippen LogP contribution in [0, 0.1) is 0 Å². The maximum atomic E-state index is 12.8. The number of aromatic nitrogens is 2. The van der Waals surface area contributed by atoms with E-state index < -0.39 is 23.4 Å². The fraction of sp³-hybridized carbons (Fsp3) is 0.143. The van der Waals surface area contributed by atoms with Gasteiger partial charge in [-0.05, 0) is 25.1 Å². The minimum atomic E-state index is -0.949. The minimum Gasteiger partial charge on any atom is -0.323 e. The summed E-state index contributed by atoms with van der Waals surface area (Å²) in [5, 5.41) is 9.94. The van der Waals surface area contributed by atoms with E-state index in [0.29, 0.717) is 16.4 Å². The van der Waals surface area contributed by atoms with Gasteiger partial charge in [0.15, 0.2) is 0 Å². The number of rotatable bonds is 5. The highest BCUT2D eigenvalue weighted by Crippen LogP contribution is 2.22. The second kappa shape index (κ2) is 8.70. The lowest BCUT2D eigenvalue weighted by atomic mass is 10.1. The lowest BCUT2D eigenvalue weighted by Crippen LogP contribution is -2.35. The summed E-state index contributed by atoms with van der Waals surface area (Å²) in [4.78, 5) is 37.1. The van der Waals surface area contributed by atoms with Crippen molar-refractivity contribution in [3.05, 3.63) is 76.0 Å². The first-order valence-corrected chi connectivity index (χ1v) is 9.27. The Kier molecular flexibility index (Phi) is 6.09. The standard InChI is InChI=1S/C21H19ClN4O3/c1-13(20(28)24-17-11-7-6-10-16(17)22)26-21(29)19(23-14(2)27)12-18(25-26)15-8-4-3-5-9-15/h3-13H,1-2H3,(H,23,27)(H,24,28)/t13-/m0/s1. The van der Waals surface area contributed by atoms with Crippen LogP contribution in [-0.4, -0.2) is 21.6 Å². The van der Waals surface area contributed by atoms with Crippen LogP contribution in [0.5, 0.6) is 0 Å². The van der Waals surface area contributed by atoms with Crippen molar-refractivity contribution in [2.75, 3.05) is 10.6 Å². The van der Waals surface area contributed by atoms with Crippen molar-refractivity contribution in [1.82, 2.24) is 9.78 Å². The molecule has 0 saturated heterocycles. The molecule has 2 amide bonds. The molecule has 2 N–H and O–H groups in total. The number of carbonyl (C=O) groups is 2. The van der Waals surface area contributed by atoms with E-state index in [4.69, 9.17) is 11.6 Å². The first-order chi connectivity index (χ1) is 13.9. The van der Waals surface area contributed by atoms with Crippen LogP contribution < -0.4 is 16.2 Å². The third-order valence-electron chi connectivity index (χ3n) is 4.19. The molecule has 0 spiro atoms. The predicted octanol–water partition coefficient (Wildman–Crippen LogP) is 3.72. The van der Waals surface area contributed by atoms with Crippen molar-refractivity contribution in [3.63, 3.8) is 0 Å². The van der Waals surface area contributed by atoms with Crippen LogP contribution in [0.2, 0.25) is 5.02 Å². The lowest BCUT2D eigenvalue weighted by molar-refractivity contribution is -0.119. The van der Waals surface area contributed by atoms with Gasteiger partial charge in [0, 0.05) is 12.5 Å². The van der Waals surface area contributed by atoms with Gasteiger partial charge in [0.1, 0.15) is 11.7 Å². The second-order valence-corrected chi connectivity index (χ2v) is 6.79. The lowest BCUT2D eigenvalue weighted by Gasteiger charge is -2.17. The molecule has 7 nitrogen and oxygen atoms in total. The van der Waals surface area contributed by atoms with Crippen LogP contribution in [-0.2, 0) is 9.59 Å². The largest absolute Gasteiger partial charge is 0.323 e. The van der Waals surface area contributed by atoms with Gasteiger partial charge in [0.05, 0.1) is 16.4 Å². The van der Waals surface area contributed by atoms with Crippen molar-refractivity contribution >= 4 is 34.8 Å². The van der Waals surface area contributed by atoms with Crippen LogP contribution in [0.25, 0.3) is 11.3 Å². The highest BCUT2D eigenvalue weighted by Gasteiger charge is 2.21. The minimum absolute atomic E-state index is 0.0451. The van der Waals surface area contributed by atoms with Gasteiger partial charge in [-0.2, -0.15) is 5.10 Å². The SMILES string of the molecule is CC(=O)Nc1cc(-c2ccccc2)nn([C@@H](C)C(=O)Nc2ccccc2Cl)c1=O. The molecular weight excluding hydrogens is 392 g/mol. The number of benzene rings is 2. The number of nitrogens with zero attached hydrogens (tertiary/aromatic N) is 2. The number of anilines is 2. The Balaban J connectivity index is 2.02. The van der Waals surface area contributed by atoms with Crippen molar-refractivity contribution in [1.29, 1.82) is 0 Å². The topological polar surface area (TPSA) is 93.1 Å². The average molecular weight is 411 g/mol. The van der Waals surface area contributed by atoms with E-state index >= 15 is 0 Å². The fourth-order valence-corrected chi connectivity index (χ4v) is 2.90. The Morgan fingerprint density at radius 1 is 1.00 bits per heavy atom. The van der Waals surface area contributed by atoms with E-state index in [2.05, 4.69) is 15.7 Å². The molecule has 0 bridgehead atoms. The van der Waals surface area contributed by atoms with Gasteiger partial charge in [-0.1, -0.05) is 54.1 Å².